The molecule has 3 rings (SSSR count). The molecule has 0 radical (unpaired) electrons. The minimum Gasteiger partial charge on any atom is -0.497 e. The first-order valence-electron chi connectivity index (χ1n) is 7.88. The summed E-state index contributed by atoms with van der Waals surface area (Å²) in [6.45, 7) is 3.47. The number of hydrogen-bond donors (Lipinski definition) is 1. The topological polar surface area (TPSA) is 55.6 Å². The monoisotopic (exact) mass is 346 g/mol. The summed E-state index contributed by atoms with van der Waals surface area (Å²) in [4.78, 5) is 14.6. The van der Waals surface area contributed by atoms with E-state index in [1.165, 1.54) is 5.56 Å². The van der Waals surface area contributed by atoms with Crippen molar-refractivity contribution in [3.63, 3.8) is 0 Å². The zero-order valence-corrected chi connectivity index (χ0v) is 14.8. The standard InChI is InChI=1S/C19H22N2O2.ClH/c1-13-3-4-15(11-18(13)20)19(22)21-10-9-16(12-21)14-5-7-17(23-2)8-6-14;/h3-8,11,16H,9-10,12,20H2,1-2H3;1H. The van der Waals surface area contributed by atoms with Crippen LogP contribution in [-0.2, 0) is 0 Å². The van der Waals surface area contributed by atoms with Gasteiger partial charge in [0.2, 0.25) is 0 Å². The molecule has 2 aromatic carbocycles. The lowest BCUT2D eigenvalue weighted by Gasteiger charge is -2.17. The van der Waals surface area contributed by atoms with Gasteiger partial charge in [-0.25, -0.2) is 0 Å². The zero-order chi connectivity index (χ0) is 16.4. The molecule has 1 heterocycles. The number of rotatable bonds is 3. The van der Waals surface area contributed by atoms with Crippen molar-refractivity contribution in [1.29, 1.82) is 0 Å². The summed E-state index contributed by atoms with van der Waals surface area (Å²) in [5, 5.41) is 0. The number of anilines is 1. The van der Waals surface area contributed by atoms with Gasteiger partial charge in [0.05, 0.1) is 7.11 Å². The molecular weight excluding hydrogens is 324 g/mol. The lowest BCUT2D eigenvalue weighted by molar-refractivity contribution is 0.0791. The SMILES string of the molecule is COc1ccc(C2CCN(C(=O)c3ccc(C)c(N)c3)C2)cc1.Cl. The predicted octanol–water partition coefficient (Wildman–Crippen LogP) is 3.64. The molecule has 1 saturated heterocycles. The third kappa shape index (κ3) is 3.65. The molecule has 2 aromatic rings. The molecular formula is C19H23ClN2O2. The fourth-order valence-electron chi connectivity index (χ4n) is 3.05. The normalized spacial score (nSPS) is 16.6. The number of halogens is 1. The van der Waals surface area contributed by atoms with Gasteiger partial charge in [0.1, 0.15) is 5.75 Å². The quantitative estimate of drug-likeness (QED) is 0.863. The highest BCUT2D eigenvalue weighted by Gasteiger charge is 2.28. The average molecular weight is 347 g/mol. The van der Waals surface area contributed by atoms with Gasteiger partial charge in [0.25, 0.3) is 5.91 Å². The highest BCUT2D eigenvalue weighted by molar-refractivity contribution is 5.95. The van der Waals surface area contributed by atoms with E-state index in [0.717, 1.165) is 30.8 Å². The second kappa shape index (κ2) is 7.58. The predicted molar refractivity (Wildman–Crippen MR) is 99.1 cm³/mol. The Morgan fingerprint density at radius 1 is 1.21 bits per heavy atom. The summed E-state index contributed by atoms with van der Waals surface area (Å²) in [5.41, 5.74) is 9.51. The van der Waals surface area contributed by atoms with E-state index < -0.39 is 0 Å². The Morgan fingerprint density at radius 2 is 1.92 bits per heavy atom. The van der Waals surface area contributed by atoms with Crippen LogP contribution in [0.3, 0.4) is 0 Å². The maximum absolute atomic E-state index is 12.6. The number of benzene rings is 2. The molecule has 1 unspecified atom stereocenters. The first-order valence-corrected chi connectivity index (χ1v) is 7.88. The molecule has 24 heavy (non-hydrogen) atoms. The Kier molecular flexibility index (Phi) is 5.73. The van der Waals surface area contributed by atoms with E-state index in [4.69, 9.17) is 10.5 Å². The molecule has 5 heteroatoms. The second-order valence-electron chi connectivity index (χ2n) is 6.08. The van der Waals surface area contributed by atoms with Gasteiger partial charge < -0.3 is 15.4 Å². The first-order chi connectivity index (χ1) is 11.1. The van der Waals surface area contributed by atoms with Crippen molar-refractivity contribution in [3.8, 4) is 5.75 Å². The average Bonchev–Trinajstić information content (AvgIpc) is 3.07. The Balaban J connectivity index is 0.00000208. The van der Waals surface area contributed by atoms with Crippen molar-refractivity contribution in [2.24, 2.45) is 0 Å². The molecule has 128 valence electrons. The molecule has 1 atom stereocenters. The number of likely N-dealkylation sites (tertiary alicyclic amines) is 1. The summed E-state index contributed by atoms with van der Waals surface area (Å²) >= 11 is 0. The number of carbonyl (C=O) groups is 1. The number of nitrogens with two attached hydrogens (primary N) is 1. The van der Waals surface area contributed by atoms with Crippen molar-refractivity contribution in [2.45, 2.75) is 19.3 Å². The molecule has 1 aliphatic heterocycles. The fourth-order valence-corrected chi connectivity index (χ4v) is 3.05. The largest absolute Gasteiger partial charge is 0.497 e. The number of carbonyl (C=O) groups excluding carboxylic acids is 1. The lowest BCUT2D eigenvalue weighted by Crippen LogP contribution is -2.28. The second-order valence-corrected chi connectivity index (χ2v) is 6.08. The maximum Gasteiger partial charge on any atom is 0.253 e. The van der Waals surface area contributed by atoms with Gasteiger partial charge >= 0.3 is 0 Å². The molecule has 1 amide bonds. The molecule has 1 aliphatic rings. The Morgan fingerprint density at radius 3 is 2.54 bits per heavy atom. The van der Waals surface area contributed by atoms with E-state index in [-0.39, 0.29) is 18.3 Å². The number of amides is 1. The van der Waals surface area contributed by atoms with Crippen molar-refractivity contribution < 1.29 is 9.53 Å². The number of nitrogens with zero attached hydrogens (tertiary/aromatic N) is 1. The number of methoxy groups -OCH3 is 1. The summed E-state index contributed by atoms with van der Waals surface area (Å²) < 4.78 is 5.19. The molecule has 0 saturated carbocycles. The van der Waals surface area contributed by atoms with Crippen LogP contribution in [0.5, 0.6) is 5.75 Å². The van der Waals surface area contributed by atoms with E-state index in [0.29, 0.717) is 17.2 Å². The third-order valence-electron chi connectivity index (χ3n) is 4.59. The van der Waals surface area contributed by atoms with Crippen molar-refractivity contribution >= 4 is 24.0 Å². The van der Waals surface area contributed by atoms with E-state index in [2.05, 4.69) is 12.1 Å². The van der Waals surface area contributed by atoms with Crippen LogP contribution >= 0.6 is 12.4 Å². The summed E-state index contributed by atoms with van der Waals surface area (Å²) in [7, 11) is 1.66. The highest BCUT2D eigenvalue weighted by atomic mass is 35.5. The smallest absolute Gasteiger partial charge is 0.253 e. The maximum atomic E-state index is 12.6. The first kappa shape index (κ1) is 18.1. The minimum absolute atomic E-state index is 0. The summed E-state index contributed by atoms with van der Waals surface area (Å²) in [5.74, 6) is 1.30. The van der Waals surface area contributed by atoms with Gasteiger partial charge in [0, 0.05) is 30.3 Å². The number of hydrogen-bond acceptors (Lipinski definition) is 3. The van der Waals surface area contributed by atoms with Crippen LogP contribution in [0.1, 0.15) is 33.8 Å². The summed E-state index contributed by atoms with van der Waals surface area (Å²) in [6.07, 6.45) is 0.986. The molecule has 1 fully saturated rings. The molecule has 0 bridgehead atoms. The van der Waals surface area contributed by atoms with Crippen molar-refractivity contribution in [3.05, 3.63) is 59.2 Å². The molecule has 0 aliphatic carbocycles. The van der Waals surface area contributed by atoms with Crippen LogP contribution in [0.15, 0.2) is 42.5 Å². The zero-order valence-electron chi connectivity index (χ0n) is 14.0. The Bertz CT molecular complexity index is 716. The van der Waals surface area contributed by atoms with Crippen molar-refractivity contribution in [2.75, 3.05) is 25.9 Å². The van der Waals surface area contributed by atoms with Crippen molar-refractivity contribution in [1.82, 2.24) is 4.90 Å². The Hall–Kier alpha value is -2.20. The Labute approximate surface area is 149 Å². The number of ether oxygens (including phenoxy) is 1. The summed E-state index contributed by atoms with van der Waals surface area (Å²) in [6, 6.07) is 13.6. The van der Waals surface area contributed by atoms with Crippen LogP contribution < -0.4 is 10.5 Å². The third-order valence-corrected chi connectivity index (χ3v) is 4.59. The van der Waals surface area contributed by atoms with Gasteiger partial charge in [-0.1, -0.05) is 18.2 Å². The molecule has 4 nitrogen and oxygen atoms in total. The van der Waals surface area contributed by atoms with Gasteiger partial charge in [-0.15, -0.1) is 12.4 Å². The van der Waals surface area contributed by atoms with E-state index >= 15 is 0 Å². The van der Waals surface area contributed by atoms with Gasteiger partial charge in [-0.2, -0.15) is 0 Å². The molecule has 2 N–H and O–H groups in total. The lowest BCUT2D eigenvalue weighted by atomic mass is 9.98. The van der Waals surface area contributed by atoms with E-state index in [1.807, 2.05) is 36.1 Å². The fraction of sp³-hybridized carbons (Fsp3) is 0.316. The van der Waals surface area contributed by atoms with E-state index in [9.17, 15) is 4.79 Å². The van der Waals surface area contributed by atoms with Crippen LogP contribution in [-0.4, -0.2) is 31.0 Å². The molecule has 0 spiro atoms. The van der Waals surface area contributed by atoms with Crippen LogP contribution in [0, 0.1) is 6.92 Å². The van der Waals surface area contributed by atoms with Gasteiger partial charge in [-0.3, -0.25) is 4.79 Å². The van der Waals surface area contributed by atoms with Gasteiger partial charge in [-0.05, 0) is 48.7 Å². The van der Waals surface area contributed by atoms with E-state index in [1.54, 1.807) is 13.2 Å². The minimum atomic E-state index is 0. The number of aryl methyl sites for hydroxylation is 1. The van der Waals surface area contributed by atoms with Gasteiger partial charge in [0.15, 0.2) is 0 Å². The highest BCUT2D eigenvalue weighted by Crippen LogP contribution is 2.29. The molecule has 0 aromatic heterocycles. The van der Waals surface area contributed by atoms with Crippen LogP contribution in [0.2, 0.25) is 0 Å². The van der Waals surface area contributed by atoms with Crippen LogP contribution in [0.25, 0.3) is 0 Å². The number of nitrogen functional groups attached to an aromatic ring is 1. The van der Waals surface area contributed by atoms with Crippen LogP contribution in [0.4, 0.5) is 5.69 Å².